The molecule has 0 spiro atoms. The summed E-state index contributed by atoms with van der Waals surface area (Å²) in [6.45, 7) is 2.39. The molecular weight excluding hydrogens is 300 g/mol. The lowest BCUT2D eigenvalue weighted by Crippen LogP contribution is -2.27. The van der Waals surface area contributed by atoms with Gasteiger partial charge in [-0.05, 0) is 24.3 Å². The number of carbonyl (C=O) groups excluding carboxylic acids is 1. The molecular formula is C12H17BrN2O3. The molecule has 0 unspecified atom stereocenters. The maximum atomic E-state index is 10.4. The Labute approximate surface area is 115 Å². The zero-order chi connectivity index (χ0) is 13.2. The van der Waals surface area contributed by atoms with Crippen LogP contribution in [0.3, 0.4) is 0 Å². The minimum Gasteiger partial charge on any atom is -0.492 e. The van der Waals surface area contributed by atoms with Gasteiger partial charge in [0.05, 0.1) is 6.61 Å². The Morgan fingerprint density at radius 2 is 1.89 bits per heavy atom. The Morgan fingerprint density at radius 3 is 2.56 bits per heavy atom. The number of benzene rings is 1. The molecule has 0 saturated heterocycles. The summed E-state index contributed by atoms with van der Waals surface area (Å²) >= 11 is 3.36. The summed E-state index contributed by atoms with van der Waals surface area (Å²) in [5.74, 6) is 0.388. The molecule has 0 saturated carbocycles. The standard InChI is InChI=1S/C12H17BrN2O3/c13-10-1-3-11(4-2-10)18-8-6-15-5-7-17-9-12(14)16/h1-4,15H,5-9H2,(H2,14,16). The van der Waals surface area contributed by atoms with Crippen LogP contribution in [-0.2, 0) is 9.53 Å². The van der Waals surface area contributed by atoms with Crippen LogP contribution in [0, 0.1) is 0 Å². The van der Waals surface area contributed by atoms with E-state index in [9.17, 15) is 4.79 Å². The summed E-state index contributed by atoms with van der Waals surface area (Å²) in [6, 6.07) is 7.67. The number of hydrogen-bond donors (Lipinski definition) is 2. The van der Waals surface area contributed by atoms with Crippen molar-refractivity contribution in [2.75, 3.05) is 32.9 Å². The minimum absolute atomic E-state index is 0.0307. The van der Waals surface area contributed by atoms with Crippen LogP contribution >= 0.6 is 15.9 Å². The van der Waals surface area contributed by atoms with Crippen LogP contribution in [0.25, 0.3) is 0 Å². The summed E-state index contributed by atoms with van der Waals surface area (Å²) in [6.07, 6.45) is 0. The number of primary amides is 1. The number of nitrogens with one attached hydrogen (secondary N) is 1. The largest absolute Gasteiger partial charge is 0.492 e. The van der Waals surface area contributed by atoms with Crippen molar-refractivity contribution in [1.29, 1.82) is 0 Å². The van der Waals surface area contributed by atoms with Gasteiger partial charge in [0, 0.05) is 17.6 Å². The SMILES string of the molecule is NC(=O)COCCNCCOc1ccc(Br)cc1. The van der Waals surface area contributed by atoms with Gasteiger partial charge in [0.25, 0.3) is 0 Å². The topological polar surface area (TPSA) is 73.6 Å². The fourth-order valence-electron chi connectivity index (χ4n) is 1.21. The van der Waals surface area contributed by atoms with Gasteiger partial charge in [-0.25, -0.2) is 0 Å². The average Bonchev–Trinajstić information content (AvgIpc) is 2.34. The van der Waals surface area contributed by atoms with Crippen LogP contribution in [0.2, 0.25) is 0 Å². The van der Waals surface area contributed by atoms with Gasteiger partial charge in [-0.3, -0.25) is 4.79 Å². The predicted molar refractivity (Wildman–Crippen MR) is 72.5 cm³/mol. The van der Waals surface area contributed by atoms with Gasteiger partial charge in [0.1, 0.15) is 19.0 Å². The maximum absolute atomic E-state index is 10.4. The second kappa shape index (κ2) is 8.91. The number of ether oxygens (including phenoxy) is 2. The second-order valence-corrected chi connectivity index (χ2v) is 4.49. The lowest BCUT2D eigenvalue weighted by atomic mass is 10.3. The Kier molecular flexibility index (Phi) is 7.40. The van der Waals surface area contributed by atoms with Crippen molar-refractivity contribution in [3.63, 3.8) is 0 Å². The Hall–Kier alpha value is -1.11. The summed E-state index contributed by atoms with van der Waals surface area (Å²) in [5.41, 5.74) is 4.92. The van der Waals surface area contributed by atoms with E-state index >= 15 is 0 Å². The molecule has 5 nitrogen and oxygen atoms in total. The molecule has 1 aromatic rings. The van der Waals surface area contributed by atoms with Gasteiger partial charge in [-0.2, -0.15) is 0 Å². The normalized spacial score (nSPS) is 10.3. The number of hydrogen-bond acceptors (Lipinski definition) is 4. The monoisotopic (exact) mass is 316 g/mol. The maximum Gasteiger partial charge on any atom is 0.243 e. The number of carbonyl (C=O) groups is 1. The summed E-state index contributed by atoms with van der Waals surface area (Å²) in [7, 11) is 0. The zero-order valence-electron chi connectivity index (χ0n) is 10.0. The van der Waals surface area contributed by atoms with E-state index in [0.717, 1.165) is 16.8 Å². The van der Waals surface area contributed by atoms with Crippen molar-refractivity contribution in [2.24, 2.45) is 5.73 Å². The van der Waals surface area contributed by atoms with Crippen LogP contribution in [0.15, 0.2) is 28.7 Å². The van der Waals surface area contributed by atoms with Crippen LogP contribution < -0.4 is 15.8 Å². The Bertz CT molecular complexity index is 357. The van der Waals surface area contributed by atoms with Gasteiger partial charge >= 0.3 is 0 Å². The first-order chi connectivity index (χ1) is 8.68. The van der Waals surface area contributed by atoms with E-state index in [-0.39, 0.29) is 6.61 Å². The van der Waals surface area contributed by atoms with Crippen molar-refractivity contribution in [3.05, 3.63) is 28.7 Å². The van der Waals surface area contributed by atoms with Gasteiger partial charge in [0.15, 0.2) is 0 Å². The highest BCUT2D eigenvalue weighted by atomic mass is 79.9. The molecule has 0 bridgehead atoms. The first-order valence-electron chi connectivity index (χ1n) is 5.63. The third-order valence-electron chi connectivity index (χ3n) is 2.03. The average molecular weight is 317 g/mol. The fourth-order valence-corrected chi connectivity index (χ4v) is 1.48. The highest BCUT2D eigenvalue weighted by Gasteiger charge is 1.95. The number of rotatable bonds is 9. The number of amides is 1. The fraction of sp³-hybridized carbons (Fsp3) is 0.417. The van der Waals surface area contributed by atoms with Gasteiger partial charge in [0.2, 0.25) is 5.91 Å². The summed E-state index contributed by atoms with van der Waals surface area (Å²) < 4.78 is 11.5. The third kappa shape index (κ3) is 7.26. The number of halogens is 1. The molecule has 0 aromatic heterocycles. The van der Waals surface area contributed by atoms with Gasteiger partial charge in [-0.15, -0.1) is 0 Å². The van der Waals surface area contributed by atoms with Gasteiger partial charge in [-0.1, -0.05) is 15.9 Å². The summed E-state index contributed by atoms with van der Waals surface area (Å²) in [5, 5.41) is 3.13. The van der Waals surface area contributed by atoms with E-state index in [1.807, 2.05) is 24.3 Å². The molecule has 18 heavy (non-hydrogen) atoms. The molecule has 0 radical (unpaired) electrons. The van der Waals surface area contributed by atoms with Crippen molar-refractivity contribution in [3.8, 4) is 5.75 Å². The second-order valence-electron chi connectivity index (χ2n) is 3.57. The molecule has 6 heteroatoms. The Balaban J connectivity index is 1.95. The molecule has 1 amide bonds. The lowest BCUT2D eigenvalue weighted by molar-refractivity contribution is -0.122. The molecule has 0 heterocycles. The van der Waals surface area contributed by atoms with E-state index < -0.39 is 5.91 Å². The van der Waals surface area contributed by atoms with E-state index in [2.05, 4.69) is 21.2 Å². The van der Waals surface area contributed by atoms with Crippen molar-refractivity contribution in [2.45, 2.75) is 0 Å². The van der Waals surface area contributed by atoms with Crippen LogP contribution in [-0.4, -0.2) is 38.8 Å². The first-order valence-corrected chi connectivity index (χ1v) is 6.43. The van der Waals surface area contributed by atoms with Crippen molar-refractivity contribution < 1.29 is 14.3 Å². The molecule has 0 atom stereocenters. The smallest absolute Gasteiger partial charge is 0.243 e. The van der Waals surface area contributed by atoms with E-state index in [1.165, 1.54) is 0 Å². The lowest BCUT2D eigenvalue weighted by Gasteiger charge is -2.07. The van der Waals surface area contributed by atoms with E-state index in [0.29, 0.717) is 19.8 Å². The molecule has 0 aliphatic rings. The molecule has 100 valence electrons. The highest BCUT2D eigenvalue weighted by molar-refractivity contribution is 9.10. The van der Waals surface area contributed by atoms with Crippen LogP contribution in [0.4, 0.5) is 0 Å². The van der Waals surface area contributed by atoms with Crippen molar-refractivity contribution in [1.82, 2.24) is 5.32 Å². The predicted octanol–water partition coefficient (Wildman–Crippen LogP) is 0.919. The van der Waals surface area contributed by atoms with E-state index in [4.69, 9.17) is 15.2 Å². The van der Waals surface area contributed by atoms with E-state index in [1.54, 1.807) is 0 Å². The molecule has 0 aliphatic heterocycles. The van der Waals surface area contributed by atoms with Gasteiger partial charge < -0.3 is 20.5 Å². The summed E-state index contributed by atoms with van der Waals surface area (Å²) in [4.78, 5) is 10.4. The molecule has 1 aromatic carbocycles. The van der Waals surface area contributed by atoms with Crippen LogP contribution in [0.5, 0.6) is 5.75 Å². The molecule has 0 aliphatic carbocycles. The molecule has 1 rings (SSSR count). The number of nitrogens with two attached hydrogens (primary N) is 1. The third-order valence-corrected chi connectivity index (χ3v) is 2.56. The van der Waals surface area contributed by atoms with Crippen LogP contribution in [0.1, 0.15) is 0 Å². The minimum atomic E-state index is -0.450. The molecule has 3 N–H and O–H groups in total. The highest BCUT2D eigenvalue weighted by Crippen LogP contribution is 2.15. The molecule has 0 fully saturated rings. The quantitative estimate of drug-likeness (QED) is 0.664. The Morgan fingerprint density at radius 1 is 1.22 bits per heavy atom. The first kappa shape index (κ1) is 14.9. The zero-order valence-corrected chi connectivity index (χ0v) is 11.6. The van der Waals surface area contributed by atoms with Crippen molar-refractivity contribution >= 4 is 21.8 Å².